The van der Waals surface area contributed by atoms with Gasteiger partial charge in [-0.25, -0.2) is 9.97 Å². The quantitative estimate of drug-likeness (QED) is 0.554. The molecule has 0 bridgehead atoms. The summed E-state index contributed by atoms with van der Waals surface area (Å²) in [5.41, 5.74) is 3.17. The van der Waals surface area contributed by atoms with E-state index in [0.717, 1.165) is 22.4 Å². The lowest BCUT2D eigenvalue weighted by Gasteiger charge is -2.19. The summed E-state index contributed by atoms with van der Waals surface area (Å²) in [6, 6.07) is 11.3. The van der Waals surface area contributed by atoms with Gasteiger partial charge in [-0.3, -0.25) is 14.6 Å². The highest BCUT2D eigenvalue weighted by Crippen LogP contribution is 2.29. The molecular weight excluding hydrogens is 354 g/mol. The fourth-order valence-corrected chi connectivity index (χ4v) is 3.17. The Labute approximate surface area is 162 Å². The van der Waals surface area contributed by atoms with E-state index in [1.54, 1.807) is 24.2 Å². The normalized spacial score (nSPS) is 12.2. The zero-order valence-electron chi connectivity index (χ0n) is 16.0. The Morgan fingerprint density at radius 1 is 1.07 bits per heavy atom. The van der Waals surface area contributed by atoms with Crippen LogP contribution < -0.4 is 5.32 Å². The molecule has 1 N–H and O–H groups in total. The number of ether oxygens (including phenoxy) is 1. The molecule has 4 rings (SSSR count). The molecule has 4 aromatic heterocycles. The van der Waals surface area contributed by atoms with Crippen LogP contribution in [0.4, 0.5) is 5.82 Å². The molecule has 0 radical (unpaired) electrons. The van der Waals surface area contributed by atoms with Gasteiger partial charge in [0.1, 0.15) is 11.5 Å². The summed E-state index contributed by atoms with van der Waals surface area (Å²) in [6.45, 7) is 2.39. The number of aromatic nitrogens is 6. The molecule has 0 aromatic carbocycles. The molecule has 0 spiro atoms. The number of aryl methyl sites for hydroxylation is 2. The van der Waals surface area contributed by atoms with E-state index in [1.165, 1.54) is 0 Å². The summed E-state index contributed by atoms with van der Waals surface area (Å²) in [4.78, 5) is 18.3. The first-order valence-corrected chi connectivity index (χ1v) is 8.96. The van der Waals surface area contributed by atoms with Crippen molar-refractivity contribution in [3.05, 3.63) is 60.2 Å². The van der Waals surface area contributed by atoms with E-state index in [-0.39, 0.29) is 6.04 Å². The molecule has 1 atom stereocenters. The molecule has 8 nitrogen and oxygen atoms in total. The van der Waals surface area contributed by atoms with Crippen LogP contribution in [0.3, 0.4) is 0 Å². The number of methoxy groups -OCH3 is 1. The van der Waals surface area contributed by atoms with Crippen LogP contribution in [0.2, 0.25) is 0 Å². The van der Waals surface area contributed by atoms with E-state index < -0.39 is 0 Å². The van der Waals surface area contributed by atoms with E-state index in [9.17, 15) is 0 Å². The average molecular weight is 375 g/mol. The molecule has 28 heavy (non-hydrogen) atoms. The van der Waals surface area contributed by atoms with Crippen LogP contribution in [0.1, 0.15) is 17.4 Å². The van der Waals surface area contributed by atoms with Gasteiger partial charge in [-0.2, -0.15) is 5.10 Å². The maximum atomic E-state index is 5.41. The number of fused-ring (bicyclic) bond motifs is 1. The second kappa shape index (κ2) is 7.69. The molecular formula is C20H21N7O. The minimum atomic E-state index is -0.166. The second-order valence-electron chi connectivity index (χ2n) is 6.43. The van der Waals surface area contributed by atoms with E-state index >= 15 is 0 Å². The number of pyridine rings is 2. The molecule has 142 valence electrons. The zero-order valence-corrected chi connectivity index (χ0v) is 16.0. The van der Waals surface area contributed by atoms with Crippen molar-refractivity contribution in [2.75, 3.05) is 19.0 Å². The monoisotopic (exact) mass is 375 g/mol. The number of nitrogens with one attached hydrogen (secondary N) is 1. The molecule has 0 unspecified atom stereocenters. The number of hydrogen-bond acceptors (Lipinski definition) is 7. The fourth-order valence-electron chi connectivity index (χ4n) is 3.17. The Morgan fingerprint density at radius 2 is 1.86 bits per heavy atom. The Morgan fingerprint density at radius 3 is 2.54 bits per heavy atom. The number of nitrogens with zero attached hydrogens (tertiary/aromatic N) is 6. The molecule has 0 aliphatic carbocycles. The van der Waals surface area contributed by atoms with Crippen LogP contribution in [0.5, 0.6) is 0 Å². The summed E-state index contributed by atoms with van der Waals surface area (Å²) in [5.74, 6) is 1.22. The predicted molar refractivity (Wildman–Crippen MR) is 107 cm³/mol. The van der Waals surface area contributed by atoms with Gasteiger partial charge in [0, 0.05) is 26.6 Å². The van der Waals surface area contributed by atoms with Gasteiger partial charge in [-0.15, -0.1) is 0 Å². The fraction of sp³-hybridized carbons (Fsp3) is 0.250. The lowest BCUT2D eigenvalue weighted by molar-refractivity contribution is 0.185. The molecule has 8 heteroatoms. The largest absolute Gasteiger partial charge is 0.382 e. The van der Waals surface area contributed by atoms with Gasteiger partial charge in [-0.05, 0) is 31.2 Å². The molecule has 0 amide bonds. The van der Waals surface area contributed by atoms with Crippen molar-refractivity contribution in [1.82, 2.24) is 29.7 Å². The molecule has 0 fully saturated rings. The minimum absolute atomic E-state index is 0.166. The molecule has 0 aliphatic heterocycles. The first-order valence-electron chi connectivity index (χ1n) is 8.96. The highest BCUT2D eigenvalue weighted by Gasteiger charge is 2.20. The van der Waals surface area contributed by atoms with Crippen LogP contribution in [0.25, 0.3) is 22.6 Å². The van der Waals surface area contributed by atoms with Crippen molar-refractivity contribution in [1.29, 1.82) is 0 Å². The van der Waals surface area contributed by atoms with Gasteiger partial charge in [0.25, 0.3) is 0 Å². The molecule has 0 saturated heterocycles. The van der Waals surface area contributed by atoms with E-state index in [0.29, 0.717) is 23.9 Å². The summed E-state index contributed by atoms with van der Waals surface area (Å²) in [7, 11) is 3.54. The van der Waals surface area contributed by atoms with Crippen LogP contribution >= 0.6 is 0 Å². The first kappa shape index (κ1) is 18.0. The third kappa shape index (κ3) is 3.41. The third-order valence-electron chi connectivity index (χ3n) is 4.44. The molecule has 0 saturated carbocycles. The van der Waals surface area contributed by atoms with Crippen LogP contribution in [0, 0.1) is 6.92 Å². The van der Waals surface area contributed by atoms with Gasteiger partial charge in [0.05, 0.1) is 29.4 Å². The maximum absolute atomic E-state index is 5.41. The van der Waals surface area contributed by atoms with E-state index in [4.69, 9.17) is 14.7 Å². The Kier molecular flexibility index (Phi) is 4.94. The van der Waals surface area contributed by atoms with Gasteiger partial charge in [-0.1, -0.05) is 12.1 Å². The van der Waals surface area contributed by atoms with Crippen molar-refractivity contribution < 1.29 is 4.74 Å². The summed E-state index contributed by atoms with van der Waals surface area (Å²) < 4.78 is 7.17. The van der Waals surface area contributed by atoms with Crippen molar-refractivity contribution in [3.8, 4) is 11.5 Å². The first-order chi connectivity index (χ1) is 13.7. The Balaban J connectivity index is 1.84. The standard InChI is InChI=1S/C20H21N7O/c1-13-17-19(23-16(12-28-3)14-8-4-6-10-21-14)24-18(15-9-5-7-11-22-15)25-20(17)27(2)26-13/h4-11,16H,12H2,1-3H3,(H,23,24,25)/t16-/m0/s1. The van der Waals surface area contributed by atoms with Gasteiger partial charge in [0.2, 0.25) is 0 Å². The topological polar surface area (TPSA) is 90.6 Å². The number of rotatable bonds is 6. The smallest absolute Gasteiger partial charge is 0.182 e. The van der Waals surface area contributed by atoms with E-state index in [1.807, 2.05) is 50.4 Å². The SMILES string of the molecule is COC[C@H](Nc1nc(-c2ccccn2)nc2c1c(C)nn2C)c1ccccn1. The van der Waals surface area contributed by atoms with Crippen molar-refractivity contribution in [2.45, 2.75) is 13.0 Å². The second-order valence-corrected chi connectivity index (χ2v) is 6.43. The number of anilines is 1. The molecule has 4 aromatic rings. The van der Waals surface area contributed by atoms with Crippen LogP contribution in [-0.4, -0.2) is 43.4 Å². The number of hydrogen-bond donors (Lipinski definition) is 1. The molecule has 4 heterocycles. The van der Waals surface area contributed by atoms with Crippen molar-refractivity contribution >= 4 is 16.9 Å². The highest BCUT2D eigenvalue weighted by molar-refractivity contribution is 5.90. The van der Waals surface area contributed by atoms with Crippen molar-refractivity contribution in [2.24, 2.45) is 7.05 Å². The zero-order chi connectivity index (χ0) is 19.5. The Bertz CT molecular complexity index is 1080. The maximum Gasteiger partial charge on any atom is 0.182 e. The highest BCUT2D eigenvalue weighted by atomic mass is 16.5. The Hall–Kier alpha value is -3.39. The average Bonchev–Trinajstić information content (AvgIpc) is 3.03. The van der Waals surface area contributed by atoms with E-state index in [2.05, 4.69) is 20.4 Å². The van der Waals surface area contributed by atoms with Gasteiger partial charge >= 0.3 is 0 Å². The lowest BCUT2D eigenvalue weighted by Crippen LogP contribution is -2.19. The predicted octanol–water partition coefficient (Wildman–Crippen LogP) is 2.93. The van der Waals surface area contributed by atoms with Crippen LogP contribution in [-0.2, 0) is 11.8 Å². The minimum Gasteiger partial charge on any atom is -0.382 e. The summed E-state index contributed by atoms with van der Waals surface area (Å²) in [5, 5.41) is 8.88. The van der Waals surface area contributed by atoms with Gasteiger partial charge < -0.3 is 10.1 Å². The lowest BCUT2D eigenvalue weighted by atomic mass is 10.2. The third-order valence-corrected chi connectivity index (χ3v) is 4.44. The van der Waals surface area contributed by atoms with Crippen molar-refractivity contribution in [3.63, 3.8) is 0 Å². The molecule has 0 aliphatic rings. The summed E-state index contributed by atoms with van der Waals surface area (Å²) in [6.07, 6.45) is 3.50. The van der Waals surface area contributed by atoms with Crippen LogP contribution in [0.15, 0.2) is 48.8 Å². The van der Waals surface area contributed by atoms with Gasteiger partial charge in [0.15, 0.2) is 11.5 Å². The summed E-state index contributed by atoms with van der Waals surface area (Å²) >= 11 is 0.